The standard InChI is InChI=1S/C19H17F3N4O/c1-18(2,3)17(27)26-11-14(15-10-23-8-9-24-15)16(25-26)12-4-6-13(7-5-12)19(20,21)22/h4-11H,1-3H3. The second-order valence-electron chi connectivity index (χ2n) is 7.06. The summed E-state index contributed by atoms with van der Waals surface area (Å²) in [5.74, 6) is -0.245. The predicted molar refractivity (Wildman–Crippen MR) is 93.8 cm³/mol. The van der Waals surface area contributed by atoms with Crippen LogP contribution in [0.1, 0.15) is 31.1 Å². The number of benzene rings is 1. The Kier molecular flexibility index (Phi) is 4.59. The zero-order valence-corrected chi connectivity index (χ0v) is 14.9. The Morgan fingerprint density at radius 3 is 2.22 bits per heavy atom. The van der Waals surface area contributed by atoms with Crippen LogP contribution in [-0.2, 0) is 6.18 Å². The van der Waals surface area contributed by atoms with Gasteiger partial charge in [-0.1, -0.05) is 32.9 Å². The van der Waals surface area contributed by atoms with Crippen molar-refractivity contribution in [1.82, 2.24) is 19.7 Å². The van der Waals surface area contributed by atoms with Crippen LogP contribution in [0.15, 0.2) is 49.1 Å². The van der Waals surface area contributed by atoms with Gasteiger partial charge in [0, 0.05) is 35.1 Å². The Labute approximate surface area is 153 Å². The average molecular weight is 374 g/mol. The molecule has 0 amide bonds. The van der Waals surface area contributed by atoms with Crippen LogP contribution < -0.4 is 0 Å². The molecule has 0 saturated carbocycles. The Hall–Kier alpha value is -3.03. The molecule has 0 radical (unpaired) electrons. The summed E-state index contributed by atoms with van der Waals surface area (Å²) >= 11 is 0. The van der Waals surface area contributed by atoms with Gasteiger partial charge in [-0.15, -0.1) is 0 Å². The van der Waals surface area contributed by atoms with Gasteiger partial charge in [0.25, 0.3) is 5.91 Å². The van der Waals surface area contributed by atoms with Crippen LogP contribution in [-0.4, -0.2) is 25.7 Å². The van der Waals surface area contributed by atoms with Gasteiger partial charge in [-0.25, -0.2) is 4.68 Å². The lowest BCUT2D eigenvalue weighted by Gasteiger charge is -2.15. The molecule has 8 heteroatoms. The Morgan fingerprint density at radius 2 is 1.70 bits per heavy atom. The maximum Gasteiger partial charge on any atom is 0.416 e. The first-order chi connectivity index (χ1) is 12.6. The molecule has 5 nitrogen and oxygen atoms in total. The summed E-state index contributed by atoms with van der Waals surface area (Å²) in [6.07, 6.45) is 1.62. The number of rotatable bonds is 2. The molecule has 140 valence electrons. The number of alkyl halides is 3. The molecule has 0 spiro atoms. The summed E-state index contributed by atoms with van der Waals surface area (Å²) in [5, 5.41) is 4.33. The topological polar surface area (TPSA) is 60.7 Å². The molecular weight excluding hydrogens is 357 g/mol. The highest BCUT2D eigenvalue weighted by molar-refractivity contribution is 5.87. The summed E-state index contributed by atoms with van der Waals surface area (Å²) in [4.78, 5) is 20.8. The highest BCUT2D eigenvalue weighted by Gasteiger charge is 2.30. The number of carbonyl (C=O) groups excluding carboxylic acids is 1. The van der Waals surface area contributed by atoms with Crippen LogP contribution in [0.5, 0.6) is 0 Å². The van der Waals surface area contributed by atoms with Crippen LogP contribution >= 0.6 is 0 Å². The number of hydrogen-bond acceptors (Lipinski definition) is 4. The molecule has 2 aromatic heterocycles. The van der Waals surface area contributed by atoms with Gasteiger partial charge in [-0.2, -0.15) is 18.3 Å². The molecule has 0 aliphatic heterocycles. The van der Waals surface area contributed by atoms with Gasteiger partial charge in [-0.05, 0) is 12.1 Å². The molecule has 0 N–H and O–H groups in total. The SMILES string of the molecule is CC(C)(C)C(=O)n1cc(-c2cnccn2)c(-c2ccc(C(F)(F)F)cc2)n1. The number of carbonyl (C=O) groups is 1. The molecular formula is C19H17F3N4O. The fourth-order valence-corrected chi connectivity index (χ4v) is 2.48. The Balaban J connectivity index is 2.13. The largest absolute Gasteiger partial charge is 0.416 e. The molecule has 0 fully saturated rings. The molecule has 0 saturated heterocycles. The van der Waals surface area contributed by atoms with Crippen molar-refractivity contribution in [2.75, 3.05) is 0 Å². The van der Waals surface area contributed by atoms with E-state index in [-0.39, 0.29) is 5.91 Å². The van der Waals surface area contributed by atoms with Crippen molar-refractivity contribution in [2.45, 2.75) is 26.9 Å². The van der Waals surface area contributed by atoms with Crippen LogP contribution in [0.4, 0.5) is 13.2 Å². The molecule has 2 heterocycles. The molecule has 27 heavy (non-hydrogen) atoms. The van der Waals surface area contributed by atoms with Crippen molar-refractivity contribution >= 4 is 5.91 Å². The van der Waals surface area contributed by atoms with Gasteiger partial charge in [0.05, 0.1) is 17.5 Å². The zero-order valence-electron chi connectivity index (χ0n) is 14.9. The van der Waals surface area contributed by atoms with Crippen LogP contribution in [0.2, 0.25) is 0 Å². The lowest BCUT2D eigenvalue weighted by molar-refractivity contribution is -0.137. The average Bonchev–Trinajstić information content (AvgIpc) is 3.05. The number of nitrogens with zero attached hydrogens (tertiary/aromatic N) is 4. The van der Waals surface area contributed by atoms with E-state index < -0.39 is 17.2 Å². The van der Waals surface area contributed by atoms with E-state index in [4.69, 9.17) is 0 Å². The van der Waals surface area contributed by atoms with Crippen LogP contribution in [0.3, 0.4) is 0 Å². The van der Waals surface area contributed by atoms with Gasteiger partial charge in [-0.3, -0.25) is 14.8 Å². The van der Waals surface area contributed by atoms with Crippen molar-refractivity contribution in [3.05, 3.63) is 54.6 Å². The quantitative estimate of drug-likeness (QED) is 0.652. The minimum Gasteiger partial charge on any atom is -0.272 e. The van der Waals surface area contributed by atoms with Gasteiger partial charge in [0.15, 0.2) is 0 Å². The molecule has 3 aromatic rings. The van der Waals surface area contributed by atoms with Gasteiger partial charge < -0.3 is 0 Å². The van der Waals surface area contributed by atoms with Crippen molar-refractivity contribution in [1.29, 1.82) is 0 Å². The summed E-state index contributed by atoms with van der Waals surface area (Å²) in [6, 6.07) is 4.63. The zero-order chi connectivity index (χ0) is 19.8. The van der Waals surface area contributed by atoms with E-state index in [2.05, 4.69) is 15.1 Å². The highest BCUT2D eigenvalue weighted by Crippen LogP contribution is 2.34. The monoisotopic (exact) mass is 374 g/mol. The van der Waals surface area contributed by atoms with Gasteiger partial charge >= 0.3 is 6.18 Å². The molecule has 3 rings (SSSR count). The fourth-order valence-electron chi connectivity index (χ4n) is 2.48. The minimum absolute atomic E-state index is 0.245. The highest BCUT2D eigenvalue weighted by atomic mass is 19.4. The van der Waals surface area contributed by atoms with Crippen molar-refractivity contribution in [3.8, 4) is 22.5 Å². The molecule has 0 atom stereocenters. The summed E-state index contributed by atoms with van der Waals surface area (Å²) in [6.45, 7) is 5.28. The van der Waals surface area contributed by atoms with Crippen LogP contribution in [0, 0.1) is 5.41 Å². The number of aromatic nitrogens is 4. The lowest BCUT2D eigenvalue weighted by Crippen LogP contribution is -2.27. The number of halogens is 3. The fraction of sp³-hybridized carbons (Fsp3) is 0.263. The Bertz CT molecular complexity index is 955. The second-order valence-corrected chi connectivity index (χ2v) is 7.06. The third-order valence-electron chi connectivity index (χ3n) is 3.89. The summed E-state index contributed by atoms with van der Waals surface area (Å²) in [7, 11) is 0. The van der Waals surface area contributed by atoms with Crippen molar-refractivity contribution in [2.24, 2.45) is 5.41 Å². The van der Waals surface area contributed by atoms with Crippen molar-refractivity contribution in [3.63, 3.8) is 0 Å². The second kappa shape index (κ2) is 6.61. The first-order valence-corrected chi connectivity index (χ1v) is 8.16. The van der Waals surface area contributed by atoms with Gasteiger partial charge in [0.1, 0.15) is 5.69 Å². The third-order valence-corrected chi connectivity index (χ3v) is 3.89. The smallest absolute Gasteiger partial charge is 0.272 e. The van der Waals surface area contributed by atoms with E-state index in [0.29, 0.717) is 22.5 Å². The first-order valence-electron chi connectivity index (χ1n) is 8.16. The number of hydrogen-bond donors (Lipinski definition) is 0. The third kappa shape index (κ3) is 3.89. The van der Waals surface area contributed by atoms with E-state index >= 15 is 0 Å². The molecule has 0 aliphatic rings. The van der Waals surface area contributed by atoms with Crippen molar-refractivity contribution < 1.29 is 18.0 Å². The summed E-state index contributed by atoms with van der Waals surface area (Å²) in [5.41, 5.74) is 0.368. The van der Waals surface area contributed by atoms with E-state index in [1.165, 1.54) is 41.6 Å². The van der Waals surface area contributed by atoms with E-state index in [0.717, 1.165) is 12.1 Å². The molecule has 0 unspecified atom stereocenters. The molecule has 1 aromatic carbocycles. The Morgan fingerprint density at radius 1 is 1.04 bits per heavy atom. The predicted octanol–water partition coefficient (Wildman–Crippen LogP) is 4.71. The minimum atomic E-state index is -4.42. The summed E-state index contributed by atoms with van der Waals surface area (Å²) < 4.78 is 39.7. The van der Waals surface area contributed by atoms with Crippen LogP contribution in [0.25, 0.3) is 22.5 Å². The van der Waals surface area contributed by atoms with E-state index in [1.54, 1.807) is 20.8 Å². The first kappa shape index (κ1) is 18.8. The molecule has 0 aliphatic carbocycles. The van der Waals surface area contributed by atoms with Gasteiger partial charge in [0.2, 0.25) is 0 Å². The van der Waals surface area contributed by atoms with E-state index in [9.17, 15) is 18.0 Å². The van der Waals surface area contributed by atoms with E-state index in [1.807, 2.05) is 0 Å². The molecule has 0 bridgehead atoms. The lowest BCUT2D eigenvalue weighted by atomic mass is 9.96. The maximum atomic E-state index is 12.8. The normalized spacial score (nSPS) is 12.2. The maximum absolute atomic E-state index is 12.8.